The van der Waals surface area contributed by atoms with Gasteiger partial charge < -0.3 is 14.9 Å². The molecule has 21 heavy (non-hydrogen) atoms. The van der Waals surface area contributed by atoms with Gasteiger partial charge in [0, 0.05) is 5.69 Å². The summed E-state index contributed by atoms with van der Waals surface area (Å²) in [6.07, 6.45) is 2.71. The molecule has 0 aliphatic carbocycles. The molecule has 0 aromatic carbocycles. The highest BCUT2D eigenvalue weighted by Gasteiger charge is 2.19. The minimum absolute atomic E-state index is 0.0812. The maximum absolute atomic E-state index is 12.5. The van der Waals surface area contributed by atoms with Crippen molar-refractivity contribution in [1.29, 1.82) is 0 Å². The number of rotatable bonds is 6. The van der Waals surface area contributed by atoms with Gasteiger partial charge in [-0.2, -0.15) is 11.8 Å². The summed E-state index contributed by atoms with van der Waals surface area (Å²) >= 11 is 1.68. The minimum atomic E-state index is -0.256. The van der Waals surface area contributed by atoms with Crippen LogP contribution in [0.4, 0.5) is 0 Å². The second kappa shape index (κ2) is 6.91. The standard InChI is InChI=1S/C14H19N3O3S/c1-8-6-11(12-9(2)17-20-14(12)15-8)13(19)16-10(7-18)4-5-21-3/h6,10,18H,4-5,7H2,1-3H3,(H,16,19)/t10-/m0/s1. The van der Waals surface area contributed by atoms with E-state index < -0.39 is 0 Å². The van der Waals surface area contributed by atoms with Crippen molar-refractivity contribution < 1.29 is 14.4 Å². The predicted molar refractivity (Wildman–Crippen MR) is 82.6 cm³/mol. The normalized spacial score (nSPS) is 12.6. The van der Waals surface area contributed by atoms with Gasteiger partial charge in [0.1, 0.15) is 0 Å². The molecule has 1 amide bonds. The molecule has 0 bridgehead atoms. The number of hydrogen-bond donors (Lipinski definition) is 2. The number of fused-ring (bicyclic) bond motifs is 1. The molecule has 0 radical (unpaired) electrons. The van der Waals surface area contributed by atoms with E-state index in [1.54, 1.807) is 31.7 Å². The number of aliphatic hydroxyl groups is 1. The van der Waals surface area contributed by atoms with E-state index in [1.807, 2.05) is 6.26 Å². The highest BCUT2D eigenvalue weighted by Crippen LogP contribution is 2.22. The fourth-order valence-electron chi connectivity index (χ4n) is 2.13. The molecule has 2 N–H and O–H groups in total. The lowest BCUT2D eigenvalue weighted by atomic mass is 10.1. The van der Waals surface area contributed by atoms with Gasteiger partial charge in [-0.25, -0.2) is 4.98 Å². The van der Waals surface area contributed by atoms with Crippen LogP contribution in [-0.4, -0.2) is 45.8 Å². The Morgan fingerprint density at radius 1 is 1.52 bits per heavy atom. The zero-order chi connectivity index (χ0) is 15.4. The van der Waals surface area contributed by atoms with E-state index in [9.17, 15) is 9.90 Å². The quantitative estimate of drug-likeness (QED) is 0.844. The molecule has 0 spiro atoms. The average molecular weight is 309 g/mol. The number of aliphatic hydroxyl groups excluding tert-OH is 1. The van der Waals surface area contributed by atoms with Crippen LogP contribution in [0, 0.1) is 13.8 Å². The lowest BCUT2D eigenvalue weighted by molar-refractivity contribution is 0.0917. The highest BCUT2D eigenvalue weighted by molar-refractivity contribution is 7.98. The first-order chi connectivity index (χ1) is 10.1. The number of amides is 1. The number of pyridine rings is 1. The Hall–Kier alpha value is -1.60. The van der Waals surface area contributed by atoms with Crippen molar-refractivity contribution >= 4 is 28.8 Å². The van der Waals surface area contributed by atoms with Gasteiger partial charge in [0.2, 0.25) is 0 Å². The van der Waals surface area contributed by atoms with Crippen LogP contribution in [-0.2, 0) is 0 Å². The number of thioether (sulfide) groups is 1. The minimum Gasteiger partial charge on any atom is -0.394 e. The summed E-state index contributed by atoms with van der Waals surface area (Å²) in [6, 6.07) is 1.46. The van der Waals surface area contributed by atoms with Gasteiger partial charge in [0.15, 0.2) is 0 Å². The van der Waals surface area contributed by atoms with Gasteiger partial charge in [-0.05, 0) is 38.3 Å². The molecule has 0 aliphatic heterocycles. The molecule has 0 fully saturated rings. The van der Waals surface area contributed by atoms with Gasteiger partial charge in [0.25, 0.3) is 11.6 Å². The molecule has 0 saturated carbocycles. The van der Waals surface area contributed by atoms with Gasteiger partial charge in [-0.3, -0.25) is 4.79 Å². The molecule has 114 valence electrons. The van der Waals surface area contributed by atoms with Crippen LogP contribution in [0.1, 0.15) is 28.2 Å². The van der Waals surface area contributed by atoms with Crippen molar-refractivity contribution in [1.82, 2.24) is 15.5 Å². The molecule has 6 nitrogen and oxygen atoms in total. The third-order valence-electron chi connectivity index (χ3n) is 3.22. The second-order valence-electron chi connectivity index (χ2n) is 4.89. The molecule has 0 unspecified atom stereocenters. The van der Waals surface area contributed by atoms with Crippen molar-refractivity contribution in [3.8, 4) is 0 Å². The summed E-state index contributed by atoms with van der Waals surface area (Å²) in [5.74, 6) is 0.639. The first kappa shape index (κ1) is 15.8. The lowest BCUT2D eigenvalue weighted by Gasteiger charge is -2.16. The Bertz CT molecular complexity index is 642. The lowest BCUT2D eigenvalue weighted by Crippen LogP contribution is -2.38. The smallest absolute Gasteiger partial charge is 0.258 e. The molecule has 2 rings (SSSR count). The third-order valence-corrected chi connectivity index (χ3v) is 3.86. The van der Waals surface area contributed by atoms with Crippen LogP contribution in [0.3, 0.4) is 0 Å². The highest BCUT2D eigenvalue weighted by atomic mass is 32.2. The Morgan fingerprint density at radius 2 is 2.29 bits per heavy atom. The van der Waals surface area contributed by atoms with Crippen LogP contribution < -0.4 is 5.32 Å². The van der Waals surface area contributed by atoms with Crippen molar-refractivity contribution in [2.45, 2.75) is 26.3 Å². The molecule has 2 aromatic rings. The Kier molecular flexibility index (Phi) is 5.19. The monoisotopic (exact) mass is 309 g/mol. The van der Waals surface area contributed by atoms with E-state index in [0.29, 0.717) is 28.1 Å². The first-order valence-electron chi connectivity index (χ1n) is 6.71. The van der Waals surface area contributed by atoms with Gasteiger partial charge in [0.05, 0.1) is 29.3 Å². The largest absolute Gasteiger partial charge is 0.394 e. The summed E-state index contributed by atoms with van der Waals surface area (Å²) < 4.78 is 5.12. The average Bonchev–Trinajstić information content (AvgIpc) is 2.83. The van der Waals surface area contributed by atoms with Crippen molar-refractivity contribution in [3.63, 3.8) is 0 Å². The van der Waals surface area contributed by atoms with E-state index in [1.165, 1.54) is 0 Å². The predicted octanol–water partition coefficient (Wildman–Crippen LogP) is 1.68. The number of aryl methyl sites for hydroxylation is 2. The zero-order valence-electron chi connectivity index (χ0n) is 12.3. The van der Waals surface area contributed by atoms with Crippen LogP contribution in [0.5, 0.6) is 0 Å². The van der Waals surface area contributed by atoms with Crippen LogP contribution in [0.25, 0.3) is 11.1 Å². The Morgan fingerprint density at radius 3 is 2.95 bits per heavy atom. The summed E-state index contributed by atoms with van der Waals surface area (Å²) in [5, 5.41) is 16.7. The fourth-order valence-corrected chi connectivity index (χ4v) is 2.65. The number of aromatic nitrogens is 2. The maximum atomic E-state index is 12.5. The summed E-state index contributed by atoms with van der Waals surface area (Å²) in [6.45, 7) is 3.49. The van der Waals surface area contributed by atoms with Crippen LogP contribution in [0.15, 0.2) is 10.6 Å². The fraction of sp³-hybridized carbons (Fsp3) is 0.500. The number of hydrogen-bond acceptors (Lipinski definition) is 6. The second-order valence-corrected chi connectivity index (χ2v) is 5.88. The first-order valence-corrected chi connectivity index (χ1v) is 8.10. The molecule has 7 heteroatoms. The molecule has 2 aromatic heterocycles. The van der Waals surface area contributed by atoms with Gasteiger partial charge >= 0.3 is 0 Å². The maximum Gasteiger partial charge on any atom is 0.258 e. The molecular weight excluding hydrogens is 290 g/mol. The van der Waals surface area contributed by atoms with Crippen LogP contribution in [0.2, 0.25) is 0 Å². The van der Waals surface area contributed by atoms with E-state index >= 15 is 0 Å². The third kappa shape index (κ3) is 3.54. The Balaban J connectivity index is 2.28. The van der Waals surface area contributed by atoms with E-state index in [-0.39, 0.29) is 18.6 Å². The SMILES string of the molecule is CSCC[C@@H](CO)NC(=O)c1cc(C)nc2onc(C)c12. The summed E-state index contributed by atoms with van der Waals surface area (Å²) in [4.78, 5) is 16.7. The molecular formula is C14H19N3O3S. The van der Waals surface area contributed by atoms with Crippen molar-refractivity contribution in [2.75, 3.05) is 18.6 Å². The molecule has 1 atom stereocenters. The van der Waals surface area contributed by atoms with Gasteiger partial charge in [-0.1, -0.05) is 5.16 Å². The Labute approximate surface area is 127 Å². The summed E-state index contributed by atoms with van der Waals surface area (Å²) in [5.41, 5.74) is 2.17. The number of carbonyl (C=O) groups is 1. The van der Waals surface area contributed by atoms with E-state index in [2.05, 4.69) is 15.5 Å². The molecule has 2 heterocycles. The topological polar surface area (TPSA) is 88.2 Å². The number of nitrogens with zero attached hydrogens (tertiary/aromatic N) is 2. The zero-order valence-corrected chi connectivity index (χ0v) is 13.2. The van der Waals surface area contributed by atoms with E-state index in [4.69, 9.17) is 4.52 Å². The number of nitrogens with one attached hydrogen (secondary N) is 1. The van der Waals surface area contributed by atoms with Gasteiger partial charge in [-0.15, -0.1) is 0 Å². The number of carbonyl (C=O) groups excluding carboxylic acids is 1. The van der Waals surface area contributed by atoms with Crippen molar-refractivity contribution in [3.05, 3.63) is 23.0 Å². The summed E-state index contributed by atoms with van der Waals surface area (Å²) in [7, 11) is 0. The van der Waals surface area contributed by atoms with Crippen molar-refractivity contribution in [2.24, 2.45) is 0 Å². The van der Waals surface area contributed by atoms with Crippen LogP contribution >= 0.6 is 11.8 Å². The van der Waals surface area contributed by atoms with E-state index in [0.717, 1.165) is 12.2 Å². The molecule has 0 saturated heterocycles. The molecule has 0 aliphatic rings.